The van der Waals surface area contributed by atoms with Crippen LogP contribution in [0.2, 0.25) is 0 Å². The second kappa shape index (κ2) is 4.10. The predicted octanol–water partition coefficient (Wildman–Crippen LogP) is 2.86. The Kier molecular flexibility index (Phi) is 2.79. The zero-order chi connectivity index (χ0) is 11.6. The molecule has 0 bridgehead atoms. The van der Waals surface area contributed by atoms with Crippen molar-refractivity contribution in [2.75, 3.05) is 6.26 Å². The second-order valence-electron chi connectivity index (χ2n) is 3.70. The van der Waals surface area contributed by atoms with Gasteiger partial charge in [-0.3, -0.25) is 0 Å². The molecule has 2 nitrogen and oxygen atoms in total. The van der Waals surface area contributed by atoms with Gasteiger partial charge in [0.25, 0.3) is 0 Å². The van der Waals surface area contributed by atoms with Gasteiger partial charge in [0.2, 0.25) is 0 Å². The minimum Gasteiger partial charge on any atom is -0.225 e. The van der Waals surface area contributed by atoms with E-state index in [2.05, 4.69) is 0 Å². The molecule has 0 aliphatic carbocycles. The van der Waals surface area contributed by atoms with E-state index in [4.69, 9.17) is 0 Å². The van der Waals surface area contributed by atoms with Crippen molar-refractivity contribution >= 4 is 26.7 Å². The monoisotopic (exact) mass is 232 g/mol. The van der Waals surface area contributed by atoms with Gasteiger partial charge in [0, 0.05) is 11.7 Å². The van der Waals surface area contributed by atoms with E-state index in [0.29, 0.717) is 0 Å². The molecule has 0 unspecified atom stereocenters. The summed E-state index contributed by atoms with van der Waals surface area (Å²) in [5.41, 5.74) is 0.920. The zero-order valence-electron chi connectivity index (χ0n) is 8.92. The summed E-state index contributed by atoms with van der Waals surface area (Å²) in [6.07, 6.45) is 2.83. The van der Waals surface area contributed by atoms with Crippen LogP contribution in [0.1, 0.15) is 5.56 Å². The molecule has 0 spiro atoms. The van der Waals surface area contributed by atoms with Crippen molar-refractivity contribution in [2.24, 2.45) is 0 Å². The summed E-state index contributed by atoms with van der Waals surface area (Å²) >= 11 is 0. The van der Waals surface area contributed by atoms with Crippen LogP contribution in [-0.4, -0.2) is 14.7 Å². The van der Waals surface area contributed by atoms with Gasteiger partial charge < -0.3 is 0 Å². The van der Waals surface area contributed by atoms with Crippen LogP contribution < -0.4 is 0 Å². The lowest BCUT2D eigenvalue weighted by Gasteiger charge is -2.01. The van der Waals surface area contributed by atoms with Gasteiger partial charge >= 0.3 is 0 Å². The van der Waals surface area contributed by atoms with E-state index in [9.17, 15) is 8.42 Å². The summed E-state index contributed by atoms with van der Waals surface area (Å²) in [4.78, 5) is 0. The van der Waals surface area contributed by atoms with Gasteiger partial charge in [0.05, 0.1) is 0 Å². The Morgan fingerprint density at radius 1 is 1.00 bits per heavy atom. The molecular formula is C13H12O2S. The average molecular weight is 232 g/mol. The Morgan fingerprint density at radius 2 is 1.69 bits per heavy atom. The third-order valence-electron chi connectivity index (χ3n) is 2.32. The minimum atomic E-state index is -3.07. The smallest absolute Gasteiger partial charge is 0.168 e. The van der Waals surface area contributed by atoms with Gasteiger partial charge in [0.1, 0.15) is 0 Å². The van der Waals surface area contributed by atoms with Crippen LogP contribution in [-0.2, 0) is 9.84 Å². The molecule has 0 atom stereocenters. The van der Waals surface area contributed by atoms with Crippen LogP contribution in [0.3, 0.4) is 0 Å². The van der Waals surface area contributed by atoms with Crippen LogP contribution in [0.5, 0.6) is 0 Å². The number of benzene rings is 2. The van der Waals surface area contributed by atoms with E-state index in [-0.39, 0.29) is 0 Å². The quantitative estimate of drug-likeness (QED) is 0.798. The van der Waals surface area contributed by atoms with Gasteiger partial charge in [-0.2, -0.15) is 0 Å². The highest BCUT2D eigenvalue weighted by molar-refractivity contribution is 7.93. The summed E-state index contributed by atoms with van der Waals surface area (Å²) in [5.74, 6) is 0. The predicted molar refractivity (Wildman–Crippen MR) is 67.8 cm³/mol. The maximum absolute atomic E-state index is 11.1. The number of fused-ring (bicyclic) bond motifs is 1. The van der Waals surface area contributed by atoms with E-state index >= 15 is 0 Å². The fraction of sp³-hybridized carbons (Fsp3) is 0.0769. The first kappa shape index (κ1) is 10.9. The van der Waals surface area contributed by atoms with E-state index in [1.807, 2.05) is 42.5 Å². The van der Waals surface area contributed by atoms with Gasteiger partial charge in [-0.15, -0.1) is 0 Å². The van der Waals surface area contributed by atoms with Gasteiger partial charge in [-0.05, 0) is 22.4 Å². The summed E-state index contributed by atoms with van der Waals surface area (Å²) in [7, 11) is -3.07. The topological polar surface area (TPSA) is 34.1 Å². The molecule has 0 saturated heterocycles. The highest BCUT2D eigenvalue weighted by Crippen LogP contribution is 2.19. The van der Waals surface area contributed by atoms with Crippen molar-refractivity contribution in [3.05, 3.63) is 53.4 Å². The summed E-state index contributed by atoms with van der Waals surface area (Å²) in [6, 6.07) is 13.7. The molecule has 2 rings (SSSR count). The molecule has 2 aromatic rings. The molecular weight excluding hydrogens is 220 g/mol. The highest BCUT2D eigenvalue weighted by Gasteiger charge is 1.98. The average Bonchev–Trinajstić information content (AvgIpc) is 2.25. The van der Waals surface area contributed by atoms with Crippen LogP contribution in [0.25, 0.3) is 16.8 Å². The van der Waals surface area contributed by atoms with Gasteiger partial charge in [0.15, 0.2) is 9.84 Å². The van der Waals surface area contributed by atoms with E-state index in [1.165, 1.54) is 11.7 Å². The standard InChI is InChI=1S/C13H12O2S/c1-16(14,15)10-9-12-7-4-6-11-5-2-3-8-13(11)12/h2-10H,1H3/b10-9+. The van der Waals surface area contributed by atoms with E-state index < -0.39 is 9.84 Å². The second-order valence-corrected chi connectivity index (χ2v) is 5.63. The molecule has 0 heterocycles. The molecule has 82 valence electrons. The molecule has 0 radical (unpaired) electrons. The molecule has 0 aliphatic heterocycles. The molecule has 16 heavy (non-hydrogen) atoms. The Labute approximate surface area is 95.1 Å². The SMILES string of the molecule is CS(=O)(=O)/C=C/c1cccc2ccccc12. The first-order valence-corrected chi connectivity index (χ1v) is 6.88. The minimum absolute atomic E-state index is 0.920. The first-order chi connectivity index (χ1) is 7.56. The number of sulfone groups is 1. The molecule has 3 heteroatoms. The number of hydrogen-bond donors (Lipinski definition) is 0. The molecule has 0 amide bonds. The van der Waals surface area contributed by atoms with Crippen LogP contribution >= 0.6 is 0 Å². The fourth-order valence-corrected chi connectivity index (χ4v) is 1.99. The lowest BCUT2D eigenvalue weighted by atomic mass is 10.1. The summed E-state index contributed by atoms with van der Waals surface area (Å²) < 4.78 is 22.1. The Hall–Kier alpha value is -1.61. The van der Waals surface area contributed by atoms with Crippen molar-refractivity contribution in [1.82, 2.24) is 0 Å². The molecule has 0 saturated carbocycles. The largest absolute Gasteiger partial charge is 0.225 e. The molecule has 0 aliphatic rings. The fourth-order valence-electron chi connectivity index (χ4n) is 1.59. The van der Waals surface area contributed by atoms with Crippen LogP contribution in [0, 0.1) is 0 Å². The van der Waals surface area contributed by atoms with Crippen molar-refractivity contribution in [3.63, 3.8) is 0 Å². The maximum atomic E-state index is 11.1. The molecule has 0 fully saturated rings. The Balaban J connectivity index is 2.57. The first-order valence-electron chi connectivity index (χ1n) is 4.92. The zero-order valence-corrected chi connectivity index (χ0v) is 9.74. The van der Waals surface area contributed by atoms with Gasteiger partial charge in [-0.25, -0.2) is 8.42 Å². The molecule has 0 N–H and O–H groups in total. The maximum Gasteiger partial charge on any atom is 0.168 e. The number of rotatable bonds is 2. The van der Waals surface area contributed by atoms with Crippen molar-refractivity contribution in [2.45, 2.75) is 0 Å². The molecule has 0 aromatic heterocycles. The van der Waals surface area contributed by atoms with E-state index in [0.717, 1.165) is 16.3 Å². The van der Waals surface area contributed by atoms with Crippen LogP contribution in [0.15, 0.2) is 47.9 Å². The summed E-state index contributed by atoms with van der Waals surface area (Å²) in [6.45, 7) is 0. The molecule has 2 aromatic carbocycles. The third-order valence-corrected chi connectivity index (χ3v) is 2.95. The van der Waals surface area contributed by atoms with Crippen LogP contribution in [0.4, 0.5) is 0 Å². The normalized spacial score (nSPS) is 12.3. The summed E-state index contributed by atoms with van der Waals surface area (Å²) in [5, 5.41) is 3.40. The van der Waals surface area contributed by atoms with Crippen molar-refractivity contribution in [1.29, 1.82) is 0 Å². The lowest BCUT2D eigenvalue weighted by Crippen LogP contribution is -1.88. The van der Waals surface area contributed by atoms with E-state index in [1.54, 1.807) is 6.08 Å². The van der Waals surface area contributed by atoms with Crippen molar-refractivity contribution < 1.29 is 8.42 Å². The number of hydrogen-bond acceptors (Lipinski definition) is 2. The Bertz CT molecular complexity index is 635. The third kappa shape index (κ3) is 2.49. The lowest BCUT2D eigenvalue weighted by molar-refractivity contribution is 0.610. The Morgan fingerprint density at radius 3 is 2.44 bits per heavy atom. The van der Waals surface area contributed by atoms with Crippen molar-refractivity contribution in [3.8, 4) is 0 Å². The van der Waals surface area contributed by atoms with Gasteiger partial charge in [-0.1, -0.05) is 42.5 Å². The highest BCUT2D eigenvalue weighted by atomic mass is 32.2.